The Hall–Kier alpha value is -3.27. The van der Waals surface area contributed by atoms with E-state index in [0.29, 0.717) is 24.1 Å². The van der Waals surface area contributed by atoms with Gasteiger partial charge in [0.15, 0.2) is 0 Å². The highest BCUT2D eigenvalue weighted by Crippen LogP contribution is 2.40. The van der Waals surface area contributed by atoms with Crippen molar-refractivity contribution in [2.24, 2.45) is 9.98 Å². The van der Waals surface area contributed by atoms with Crippen molar-refractivity contribution in [1.29, 1.82) is 0 Å². The summed E-state index contributed by atoms with van der Waals surface area (Å²) in [6, 6.07) is 8.07. The highest BCUT2D eigenvalue weighted by molar-refractivity contribution is 8.00. The van der Waals surface area contributed by atoms with Gasteiger partial charge in [0.05, 0.1) is 24.2 Å². The lowest BCUT2D eigenvalue weighted by Crippen LogP contribution is -2.41. The number of nitrogens with zero attached hydrogens (tertiary/aromatic N) is 3. The fourth-order valence-electron chi connectivity index (χ4n) is 3.34. The monoisotopic (exact) mass is 497 g/mol. The van der Waals surface area contributed by atoms with Crippen LogP contribution in [-0.4, -0.2) is 60.2 Å². The summed E-state index contributed by atoms with van der Waals surface area (Å²) in [6.45, 7) is 8.45. The fourth-order valence-corrected chi connectivity index (χ4v) is 3.94. The molecule has 0 bridgehead atoms. The summed E-state index contributed by atoms with van der Waals surface area (Å²) in [6.07, 6.45) is 4.60. The molecular weight excluding hydrogens is 462 g/mol. The zero-order valence-electron chi connectivity index (χ0n) is 20.9. The van der Waals surface area contributed by atoms with Crippen LogP contribution in [0, 0.1) is 0 Å². The van der Waals surface area contributed by atoms with E-state index in [4.69, 9.17) is 9.98 Å². The topological polar surface area (TPSA) is 116 Å². The summed E-state index contributed by atoms with van der Waals surface area (Å²) in [5, 5.41) is 5.88. The van der Waals surface area contributed by atoms with Crippen molar-refractivity contribution in [2.75, 3.05) is 31.2 Å². The third-order valence-corrected chi connectivity index (χ3v) is 6.31. The van der Waals surface area contributed by atoms with Gasteiger partial charge >= 0.3 is 6.09 Å². The lowest BCUT2D eigenvalue weighted by molar-refractivity contribution is 0.167. The second kappa shape index (κ2) is 13.0. The number of aromatic amines is 1. The van der Waals surface area contributed by atoms with E-state index < -0.39 is 6.09 Å². The Kier molecular flexibility index (Phi) is 9.77. The molecule has 1 heterocycles. The summed E-state index contributed by atoms with van der Waals surface area (Å²) >= 11 is 1.69. The molecule has 1 aliphatic carbocycles. The van der Waals surface area contributed by atoms with Crippen LogP contribution in [0.2, 0.25) is 0 Å². The lowest BCUT2D eigenvalue weighted by atomic mass is 10.1. The number of aliphatic imine (C=N–C) groups is 2. The number of alkyl carbamates (subject to hydrolysis) is 1. The van der Waals surface area contributed by atoms with Gasteiger partial charge in [-0.1, -0.05) is 37.6 Å². The molecule has 0 saturated heterocycles. The van der Waals surface area contributed by atoms with E-state index in [2.05, 4.69) is 61.8 Å². The number of hydrogen-bond acceptors (Lipinski definition) is 6. The number of aromatic nitrogens is 2. The molecule has 1 atom stereocenters. The molecule has 1 saturated carbocycles. The first-order valence-electron chi connectivity index (χ1n) is 11.8. The van der Waals surface area contributed by atoms with Crippen molar-refractivity contribution in [3.05, 3.63) is 48.4 Å². The molecule has 0 radical (unpaired) electrons. The largest absolute Gasteiger partial charge is 0.453 e. The molecule has 9 nitrogen and oxygen atoms in total. The third-order valence-electron chi connectivity index (χ3n) is 5.32. The number of methoxy groups -OCH3 is 1. The standard InChI is InChI=1S/C25H35N7O2S/c1-6-13-35-32-19-10-8-9-18(14-19)21-22(31-23(30-21)17-11-12-17)20(7-2)29-24(26-4)27-15-16(3)28-25(33)34-5/h7-10,14,16-17,32H,2,6,11-13,15H2,1,3-5H3,(H,26,27)(H,28,33)(H,30,31)/b29-20+. The Morgan fingerprint density at radius 1 is 1.43 bits per heavy atom. The number of imidazole rings is 1. The molecule has 3 rings (SSSR count). The summed E-state index contributed by atoms with van der Waals surface area (Å²) in [7, 11) is 3.00. The summed E-state index contributed by atoms with van der Waals surface area (Å²) in [5.41, 5.74) is 4.32. The van der Waals surface area contributed by atoms with Gasteiger partial charge in [-0.2, -0.15) is 0 Å². The van der Waals surface area contributed by atoms with Gasteiger partial charge in [-0.05, 0) is 44.4 Å². The van der Waals surface area contributed by atoms with E-state index in [9.17, 15) is 4.79 Å². The predicted molar refractivity (Wildman–Crippen MR) is 145 cm³/mol. The number of hydrogen-bond donors (Lipinski definition) is 4. The second-order valence-electron chi connectivity index (χ2n) is 8.32. The molecule has 1 aromatic heterocycles. The molecular formula is C25H35N7O2S. The number of anilines is 1. The van der Waals surface area contributed by atoms with Crippen LogP contribution in [0.25, 0.3) is 11.3 Å². The molecule has 4 N–H and O–H groups in total. The highest BCUT2D eigenvalue weighted by Gasteiger charge is 2.29. The number of ether oxygens (including phenoxy) is 1. The Bertz CT molecular complexity index is 1080. The maximum Gasteiger partial charge on any atom is 0.407 e. The number of carbonyl (C=O) groups excluding carboxylic acids is 1. The van der Waals surface area contributed by atoms with Crippen molar-refractivity contribution in [3.63, 3.8) is 0 Å². The van der Waals surface area contributed by atoms with Crippen LogP contribution in [0.5, 0.6) is 0 Å². The van der Waals surface area contributed by atoms with Crippen molar-refractivity contribution >= 4 is 35.4 Å². The molecule has 1 unspecified atom stereocenters. The van der Waals surface area contributed by atoms with Crippen LogP contribution < -0.4 is 15.4 Å². The first kappa shape index (κ1) is 26.3. The van der Waals surface area contributed by atoms with Crippen LogP contribution in [0.4, 0.5) is 10.5 Å². The van der Waals surface area contributed by atoms with Crippen molar-refractivity contribution in [2.45, 2.75) is 45.1 Å². The quantitative estimate of drug-likeness (QED) is 0.155. The Morgan fingerprint density at radius 2 is 2.23 bits per heavy atom. The normalized spacial score (nSPS) is 14.9. The molecule has 1 fully saturated rings. The maximum absolute atomic E-state index is 11.4. The maximum atomic E-state index is 11.4. The van der Waals surface area contributed by atoms with Crippen LogP contribution in [0.1, 0.15) is 50.5 Å². The van der Waals surface area contributed by atoms with E-state index in [1.807, 2.05) is 13.0 Å². The van der Waals surface area contributed by atoms with E-state index in [1.54, 1.807) is 25.1 Å². The van der Waals surface area contributed by atoms with Crippen LogP contribution in [-0.2, 0) is 4.74 Å². The minimum Gasteiger partial charge on any atom is -0.453 e. The summed E-state index contributed by atoms with van der Waals surface area (Å²) < 4.78 is 8.05. The smallest absolute Gasteiger partial charge is 0.407 e. The zero-order valence-corrected chi connectivity index (χ0v) is 21.7. The van der Waals surface area contributed by atoms with Crippen LogP contribution >= 0.6 is 11.9 Å². The van der Waals surface area contributed by atoms with E-state index >= 15 is 0 Å². The van der Waals surface area contributed by atoms with Gasteiger partial charge in [0, 0.05) is 42.6 Å². The number of allylic oxidation sites excluding steroid dienone is 1. The van der Waals surface area contributed by atoms with Gasteiger partial charge < -0.3 is 25.1 Å². The molecule has 0 spiro atoms. The van der Waals surface area contributed by atoms with E-state index in [-0.39, 0.29) is 6.04 Å². The molecule has 1 aliphatic rings. The minimum absolute atomic E-state index is 0.174. The average molecular weight is 498 g/mol. The predicted octanol–water partition coefficient (Wildman–Crippen LogP) is 4.72. The zero-order chi connectivity index (χ0) is 25.2. The number of guanidine groups is 1. The summed E-state index contributed by atoms with van der Waals surface area (Å²) in [4.78, 5) is 28.9. The van der Waals surface area contributed by atoms with Gasteiger partial charge in [-0.15, -0.1) is 0 Å². The number of nitrogens with one attached hydrogen (secondary N) is 4. The SMILES string of the molecule is C=C/C(=N\C(=NC)NCC(C)NC(=O)OC)c1[nH]c(C2CC2)nc1-c1cccc(NSCCC)c1. The van der Waals surface area contributed by atoms with Crippen LogP contribution in [0.3, 0.4) is 0 Å². The number of benzene rings is 1. The first-order chi connectivity index (χ1) is 17.0. The van der Waals surface area contributed by atoms with Gasteiger partial charge in [-0.25, -0.2) is 14.8 Å². The molecule has 10 heteroatoms. The van der Waals surface area contributed by atoms with E-state index in [1.165, 1.54) is 7.11 Å². The number of H-pyrrole nitrogens is 1. The van der Waals surface area contributed by atoms with Gasteiger partial charge in [0.2, 0.25) is 5.96 Å². The number of rotatable bonds is 11. The van der Waals surface area contributed by atoms with Gasteiger partial charge in [0.1, 0.15) is 5.82 Å². The molecule has 35 heavy (non-hydrogen) atoms. The summed E-state index contributed by atoms with van der Waals surface area (Å²) in [5.74, 6) is 2.90. The first-order valence-corrected chi connectivity index (χ1v) is 12.8. The Morgan fingerprint density at radius 3 is 2.89 bits per heavy atom. The third kappa shape index (κ3) is 7.61. The molecule has 2 aromatic rings. The van der Waals surface area contributed by atoms with Crippen molar-refractivity contribution < 1.29 is 9.53 Å². The van der Waals surface area contributed by atoms with Crippen molar-refractivity contribution in [3.8, 4) is 11.3 Å². The Labute approximate surface area is 211 Å². The molecule has 188 valence electrons. The van der Waals surface area contributed by atoms with E-state index in [0.717, 1.165) is 53.5 Å². The highest BCUT2D eigenvalue weighted by atomic mass is 32.2. The lowest BCUT2D eigenvalue weighted by Gasteiger charge is -2.14. The average Bonchev–Trinajstić information content (AvgIpc) is 3.63. The number of amides is 1. The second-order valence-corrected chi connectivity index (χ2v) is 9.22. The minimum atomic E-state index is -0.482. The van der Waals surface area contributed by atoms with Crippen molar-refractivity contribution in [1.82, 2.24) is 20.6 Å². The molecule has 1 aromatic carbocycles. The van der Waals surface area contributed by atoms with Gasteiger partial charge in [0.25, 0.3) is 0 Å². The molecule has 1 amide bonds. The van der Waals surface area contributed by atoms with Crippen LogP contribution in [0.15, 0.2) is 46.9 Å². The Balaban J connectivity index is 1.86. The van der Waals surface area contributed by atoms with Gasteiger partial charge in [-0.3, -0.25) is 4.99 Å². The molecule has 0 aliphatic heterocycles. The number of carbonyl (C=O) groups is 1. The fraction of sp³-hybridized carbons (Fsp3) is 0.440.